The maximum absolute atomic E-state index is 6.46. The van der Waals surface area contributed by atoms with Gasteiger partial charge in [-0.3, -0.25) is 0 Å². The molecule has 0 aliphatic heterocycles. The van der Waals surface area contributed by atoms with E-state index in [0.717, 1.165) is 17.6 Å². The highest BCUT2D eigenvalue weighted by Crippen LogP contribution is 2.43. The lowest BCUT2D eigenvalue weighted by Crippen LogP contribution is -1.84. The molecule has 0 radical (unpaired) electrons. The van der Waals surface area contributed by atoms with Gasteiger partial charge in [-0.05, 0) is 66.8 Å². The van der Waals surface area contributed by atoms with Crippen LogP contribution in [0.3, 0.4) is 0 Å². The normalized spacial score (nSPS) is 13.1. The molecule has 86 valence electrons. The Morgan fingerprint density at radius 1 is 1.06 bits per heavy atom. The van der Waals surface area contributed by atoms with Gasteiger partial charge in [-0.1, -0.05) is 0 Å². The number of hydrogen-bond donors (Lipinski definition) is 0. The predicted octanol–water partition coefficient (Wildman–Crippen LogP) is 6.73. The molecule has 0 amide bonds. The maximum Gasteiger partial charge on any atom is 0.102 e. The SMILES string of the molecule is Cc1sc(C(Cl)c2cc(Br)c(Br)s2)cc1Br. The Balaban J connectivity index is 2.34. The van der Waals surface area contributed by atoms with E-state index in [4.69, 9.17) is 11.6 Å². The lowest BCUT2D eigenvalue weighted by molar-refractivity contribution is 1.24. The number of thiophene rings is 2. The van der Waals surface area contributed by atoms with Gasteiger partial charge in [-0.15, -0.1) is 34.3 Å². The summed E-state index contributed by atoms with van der Waals surface area (Å²) in [6, 6.07) is 4.16. The van der Waals surface area contributed by atoms with E-state index in [9.17, 15) is 0 Å². The summed E-state index contributed by atoms with van der Waals surface area (Å²) in [5.41, 5.74) is 0. The van der Waals surface area contributed by atoms with E-state index in [1.807, 2.05) is 0 Å². The zero-order valence-corrected chi connectivity index (χ0v) is 15.2. The second-order valence-electron chi connectivity index (χ2n) is 3.19. The second kappa shape index (κ2) is 5.41. The lowest BCUT2D eigenvalue weighted by Gasteiger charge is -2.02. The van der Waals surface area contributed by atoms with Crippen molar-refractivity contribution in [2.75, 3.05) is 0 Å². The van der Waals surface area contributed by atoms with Crippen LogP contribution < -0.4 is 0 Å². The van der Waals surface area contributed by atoms with Crippen molar-refractivity contribution in [3.05, 3.63) is 39.5 Å². The third-order valence-corrected chi connectivity index (χ3v) is 8.29. The van der Waals surface area contributed by atoms with Crippen LogP contribution in [0.5, 0.6) is 0 Å². The number of hydrogen-bond acceptors (Lipinski definition) is 2. The first-order valence-corrected chi connectivity index (χ1v) is 8.78. The predicted molar refractivity (Wildman–Crippen MR) is 84.2 cm³/mol. The number of alkyl halides is 1. The van der Waals surface area contributed by atoms with Crippen LogP contribution in [-0.2, 0) is 0 Å². The minimum atomic E-state index is -0.0670. The molecule has 6 heteroatoms. The Labute approximate surface area is 132 Å². The van der Waals surface area contributed by atoms with Crippen LogP contribution >= 0.6 is 82.1 Å². The maximum atomic E-state index is 6.46. The largest absolute Gasteiger partial charge is 0.143 e. The third kappa shape index (κ3) is 2.75. The van der Waals surface area contributed by atoms with Crippen LogP contribution in [-0.4, -0.2) is 0 Å². The summed E-state index contributed by atoms with van der Waals surface area (Å²) >= 11 is 20.3. The van der Waals surface area contributed by atoms with Crippen LogP contribution in [0.25, 0.3) is 0 Å². The van der Waals surface area contributed by atoms with E-state index in [1.54, 1.807) is 22.7 Å². The van der Waals surface area contributed by atoms with Crippen LogP contribution in [0.1, 0.15) is 20.0 Å². The molecule has 2 heterocycles. The minimum absolute atomic E-state index is 0.0670. The van der Waals surface area contributed by atoms with Crippen molar-refractivity contribution in [1.82, 2.24) is 0 Å². The quantitative estimate of drug-likeness (QED) is 0.431. The summed E-state index contributed by atoms with van der Waals surface area (Å²) in [5, 5.41) is -0.0670. The van der Waals surface area contributed by atoms with Crippen molar-refractivity contribution in [3.8, 4) is 0 Å². The summed E-state index contributed by atoms with van der Waals surface area (Å²) in [6.45, 7) is 2.09. The fraction of sp³-hybridized carbons (Fsp3) is 0.200. The van der Waals surface area contributed by atoms with Crippen LogP contribution in [0.2, 0.25) is 0 Å². The third-order valence-electron chi connectivity index (χ3n) is 2.04. The number of aryl methyl sites for hydroxylation is 1. The minimum Gasteiger partial charge on any atom is -0.143 e. The highest BCUT2D eigenvalue weighted by molar-refractivity contribution is 9.13. The van der Waals surface area contributed by atoms with Crippen molar-refractivity contribution in [3.63, 3.8) is 0 Å². The Morgan fingerprint density at radius 3 is 2.06 bits per heavy atom. The standard InChI is InChI=1S/C10H6Br3ClS2/c1-4-5(11)2-7(15-4)9(14)8-3-6(12)10(13)16-8/h2-3,9H,1H3. The molecule has 0 fully saturated rings. The van der Waals surface area contributed by atoms with Gasteiger partial charge < -0.3 is 0 Å². The van der Waals surface area contributed by atoms with Crippen molar-refractivity contribution in [2.45, 2.75) is 12.3 Å². The first-order valence-electron chi connectivity index (χ1n) is 4.33. The van der Waals surface area contributed by atoms with E-state index in [-0.39, 0.29) is 5.38 Å². The zero-order chi connectivity index (χ0) is 11.9. The van der Waals surface area contributed by atoms with Gasteiger partial charge in [0, 0.05) is 23.6 Å². The van der Waals surface area contributed by atoms with E-state index < -0.39 is 0 Å². The van der Waals surface area contributed by atoms with Crippen LogP contribution in [0.4, 0.5) is 0 Å². The summed E-state index contributed by atoms with van der Waals surface area (Å²) in [5.74, 6) is 0. The van der Waals surface area contributed by atoms with Crippen molar-refractivity contribution >= 4 is 82.1 Å². The molecule has 1 unspecified atom stereocenters. The first kappa shape index (κ1) is 13.6. The van der Waals surface area contributed by atoms with Gasteiger partial charge in [-0.2, -0.15) is 0 Å². The molecule has 0 saturated carbocycles. The summed E-state index contributed by atoms with van der Waals surface area (Å²) in [4.78, 5) is 3.58. The molecular formula is C10H6Br3ClS2. The molecule has 16 heavy (non-hydrogen) atoms. The molecular weight excluding hydrogens is 459 g/mol. The molecule has 0 saturated heterocycles. The molecule has 0 N–H and O–H groups in total. The lowest BCUT2D eigenvalue weighted by atomic mass is 10.3. The number of rotatable bonds is 2. The molecule has 0 bridgehead atoms. The Kier molecular flexibility index (Phi) is 4.58. The van der Waals surface area contributed by atoms with Crippen molar-refractivity contribution < 1.29 is 0 Å². The topological polar surface area (TPSA) is 0 Å². The van der Waals surface area contributed by atoms with E-state index >= 15 is 0 Å². The van der Waals surface area contributed by atoms with E-state index in [2.05, 4.69) is 66.8 Å². The molecule has 2 aromatic rings. The summed E-state index contributed by atoms with van der Waals surface area (Å²) in [7, 11) is 0. The average molecular weight is 465 g/mol. The molecule has 1 atom stereocenters. The zero-order valence-electron chi connectivity index (χ0n) is 8.06. The summed E-state index contributed by atoms with van der Waals surface area (Å²) in [6.07, 6.45) is 0. The highest BCUT2D eigenvalue weighted by atomic mass is 79.9. The van der Waals surface area contributed by atoms with Gasteiger partial charge in [0.05, 0.1) is 3.79 Å². The van der Waals surface area contributed by atoms with Gasteiger partial charge in [0.15, 0.2) is 0 Å². The van der Waals surface area contributed by atoms with E-state index in [0.29, 0.717) is 0 Å². The Bertz CT molecular complexity index is 433. The average Bonchev–Trinajstić information content (AvgIpc) is 2.72. The van der Waals surface area contributed by atoms with Gasteiger partial charge in [0.2, 0.25) is 0 Å². The molecule has 0 aromatic carbocycles. The second-order valence-corrected chi connectivity index (χ2v) is 9.02. The molecule has 0 aliphatic rings. The summed E-state index contributed by atoms with van der Waals surface area (Å²) < 4.78 is 3.28. The van der Waals surface area contributed by atoms with E-state index in [1.165, 1.54) is 9.75 Å². The fourth-order valence-corrected chi connectivity index (χ4v) is 5.35. The smallest absolute Gasteiger partial charge is 0.102 e. The molecule has 0 spiro atoms. The van der Waals surface area contributed by atoms with Crippen molar-refractivity contribution in [2.24, 2.45) is 0 Å². The van der Waals surface area contributed by atoms with Gasteiger partial charge in [0.25, 0.3) is 0 Å². The highest BCUT2D eigenvalue weighted by Gasteiger charge is 2.18. The fourth-order valence-electron chi connectivity index (χ4n) is 1.23. The van der Waals surface area contributed by atoms with Crippen molar-refractivity contribution in [1.29, 1.82) is 0 Å². The molecule has 0 nitrogen and oxygen atoms in total. The van der Waals surface area contributed by atoms with Gasteiger partial charge in [0.1, 0.15) is 5.38 Å². The van der Waals surface area contributed by atoms with Gasteiger partial charge >= 0.3 is 0 Å². The van der Waals surface area contributed by atoms with Gasteiger partial charge in [-0.25, -0.2) is 0 Å². The molecule has 2 aromatic heterocycles. The van der Waals surface area contributed by atoms with Crippen LogP contribution in [0, 0.1) is 6.92 Å². The Morgan fingerprint density at radius 2 is 1.62 bits per heavy atom. The number of halogens is 4. The first-order chi connectivity index (χ1) is 7.49. The monoisotopic (exact) mass is 462 g/mol. The Hall–Kier alpha value is 1.13. The molecule has 2 rings (SSSR count). The molecule has 0 aliphatic carbocycles. The van der Waals surface area contributed by atoms with Crippen LogP contribution in [0.15, 0.2) is 24.9 Å².